The molecule has 0 aromatic heterocycles. The van der Waals surface area contributed by atoms with Gasteiger partial charge in [0.2, 0.25) is 0 Å². The molecule has 0 spiro atoms. The maximum Gasteiger partial charge on any atom is 0.531 e. The van der Waals surface area contributed by atoms with Gasteiger partial charge in [0.15, 0.2) is 0 Å². The molecule has 0 radical (unpaired) electrons. The van der Waals surface area contributed by atoms with Gasteiger partial charge in [-0.05, 0) is 53.0 Å². The van der Waals surface area contributed by atoms with E-state index in [2.05, 4.69) is 40.7 Å². The van der Waals surface area contributed by atoms with E-state index < -0.39 is 0 Å². The summed E-state index contributed by atoms with van der Waals surface area (Å²) >= 11 is 0. The Kier molecular flexibility index (Phi) is 3.30. The van der Waals surface area contributed by atoms with Crippen molar-refractivity contribution in [1.29, 1.82) is 0 Å². The van der Waals surface area contributed by atoms with E-state index in [-0.39, 0.29) is 18.3 Å². The maximum absolute atomic E-state index is 5.98. The maximum atomic E-state index is 5.98. The molecule has 96 valence electrons. The van der Waals surface area contributed by atoms with Gasteiger partial charge in [0.25, 0.3) is 0 Å². The molecule has 2 rings (SSSR count). The van der Waals surface area contributed by atoms with Crippen LogP contribution in [0.4, 0.5) is 0 Å². The van der Waals surface area contributed by atoms with Crippen LogP contribution in [0.5, 0.6) is 0 Å². The lowest BCUT2D eigenvalue weighted by molar-refractivity contribution is 0.00578. The topological polar surface area (TPSA) is 27.7 Å². The molecule has 1 unspecified atom stereocenters. The van der Waals surface area contributed by atoms with Crippen molar-refractivity contribution in [3.63, 3.8) is 0 Å². The van der Waals surface area contributed by atoms with Crippen LogP contribution in [0, 0.1) is 0 Å². The molecule has 3 nitrogen and oxygen atoms in total. The largest absolute Gasteiger partial charge is 0.531 e. The Hall–Kier alpha value is -0.475. The van der Waals surface area contributed by atoms with Crippen molar-refractivity contribution in [2.75, 3.05) is 0 Å². The van der Waals surface area contributed by atoms with Crippen molar-refractivity contribution in [2.24, 2.45) is 0 Å². The molecular weight excluding hydrogens is 215 g/mol. The molecule has 0 saturated carbocycles. The molecule has 2 aliphatic rings. The van der Waals surface area contributed by atoms with Gasteiger partial charge in [-0.15, -0.1) is 0 Å². The monoisotopic (exact) mass is 238 g/mol. The second-order valence-corrected chi connectivity index (χ2v) is 5.92. The Bertz CT molecular complexity index is 307. The average Bonchev–Trinajstić information content (AvgIpc) is 2.48. The normalized spacial score (nSPS) is 31.0. The molecule has 0 N–H and O–H groups in total. The van der Waals surface area contributed by atoms with E-state index in [0.717, 1.165) is 24.9 Å². The number of ether oxygens (including phenoxy) is 1. The number of hydrogen-bond donors (Lipinski definition) is 0. The Balaban J connectivity index is 2.08. The summed E-state index contributed by atoms with van der Waals surface area (Å²) < 4.78 is 17.9. The molecule has 1 saturated heterocycles. The fraction of sp³-hybridized carbons (Fsp3) is 0.846. The van der Waals surface area contributed by atoms with Gasteiger partial charge >= 0.3 is 7.12 Å². The van der Waals surface area contributed by atoms with Crippen LogP contribution in [0.1, 0.15) is 53.9 Å². The van der Waals surface area contributed by atoms with E-state index in [9.17, 15) is 0 Å². The summed E-state index contributed by atoms with van der Waals surface area (Å²) in [5.41, 5.74) is 0.281. The minimum atomic E-state index is -0.339. The summed E-state index contributed by atoms with van der Waals surface area (Å²) in [5, 5.41) is 0. The third-order valence-corrected chi connectivity index (χ3v) is 4.08. The molecule has 2 heterocycles. The molecule has 4 heteroatoms. The fourth-order valence-corrected chi connectivity index (χ4v) is 2.11. The van der Waals surface area contributed by atoms with Gasteiger partial charge in [-0.25, -0.2) is 0 Å². The first-order chi connectivity index (χ1) is 7.86. The summed E-state index contributed by atoms with van der Waals surface area (Å²) in [6.07, 6.45) is 5.61. The van der Waals surface area contributed by atoms with Gasteiger partial charge in [-0.2, -0.15) is 0 Å². The van der Waals surface area contributed by atoms with Crippen LogP contribution in [0.3, 0.4) is 0 Å². The fourth-order valence-electron chi connectivity index (χ4n) is 2.11. The standard InChI is InChI=1S/C13H23BO3/c1-6-10-8-7-9-11(15-10)14-16-12(2,3)13(4,5)17-14/h9-10H,6-8H2,1-5H3. The summed E-state index contributed by atoms with van der Waals surface area (Å²) in [6, 6.07) is 0. The van der Waals surface area contributed by atoms with Crippen molar-refractivity contribution in [3.05, 3.63) is 11.7 Å². The summed E-state index contributed by atoms with van der Waals surface area (Å²) in [5.74, 6) is 0. The zero-order chi connectivity index (χ0) is 12.7. The van der Waals surface area contributed by atoms with E-state index in [0.29, 0.717) is 6.10 Å². The molecule has 0 amide bonds. The number of rotatable bonds is 2. The number of hydrogen-bond acceptors (Lipinski definition) is 3. The van der Waals surface area contributed by atoms with Crippen molar-refractivity contribution in [1.82, 2.24) is 0 Å². The first-order valence-corrected chi connectivity index (χ1v) is 6.58. The molecular formula is C13H23BO3. The van der Waals surface area contributed by atoms with Crippen LogP contribution < -0.4 is 0 Å². The summed E-state index contributed by atoms with van der Waals surface area (Å²) in [7, 11) is -0.339. The minimum Gasteiger partial charge on any atom is -0.499 e. The van der Waals surface area contributed by atoms with Crippen LogP contribution in [0.2, 0.25) is 0 Å². The number of allylic oxidation sites excluding steroid dienone is 1. The Morgan fingerprint density at radius 1 is 1.24 bits per heavy atom. The third-order valence-electron chi connectivity index (χ3n) is 4.08. The predicted molar refractivity (Wildman–Crippen MR) is 68.6 cm³/mol. The molecule has 17 heavy (non-hydrogen) atoms. The van der Waals surface area contributed by atoms with Gasteiger partial charge in [0.1, 0.15) is 5.66 Å². The van der Waals surface area contributed by atoms with Gasteiger partial charge in [-0.3, -0.25) is 0 Å². The predicted octanol–water partition coefficient (Wildman–Crippen LogP) is 3.09. The van der Waals surface area contributed by atoms with Gasteiger partial charge < -0.3 is 14.0 Å². The lowest BCUT2D eigenvalue weighted by Crippen LogP contribution is -2.41. The van der Waals surface area contributed by atoms with Crippen LogP contribution in [0.25, 0.3) is 0 Å². The van der Waals surface area contributed by atoms with E-state index in [4.69, 9.17) is 14.0 Å². The third kappa shape index (κ3) is 2.38. The molecule has 0 aromatic rings. The smallest absolute Gasteiger partial charge is 0.499 e. The Labute approximate surface area is 105 Å². The molecule has 0 bridgehead atoms. The quantitative estimate of drug-likeness (QED) is 0.692. The van der Waals surface area contributed by atoms with E-state index in [1.165, 1.54) is 0 Å². The van der Waals surface area contributed by atoms with Crippen molar-refractivity contribution in [2.45, 2.75) is 71.2 Å². The second-order valence-electron chi connectivity index (χ2n) is 5.92. The average molecular weight is 238 g/mol. The zero-order valence-electron chi connectivity index (χ0n) is 11.6. The molecule has 2 aliphatic heterocycles. The highest BCUT2D eigenvalue weighted by Gasteiger charge is 2.53. The van der Waals surface area contributed by atoms with E-state index in [1.807, 2.05) is 0 Å². The van der Waals surface area contributed by atoms with E-state index in [1.54, 1.807) is 0 Å². The SMILES string of the molecule is CCC1CCC=C(B2OC(C)(C)C(C)(C)O2)O1. The molecule has 0 aromatic carbocycles. The molecule has 1 fully saturated rings. The first kappa shape index (κ1) is 13.0. The van der Waals surface area contributed by atoms with Crippen LogP contribution in [-0.2, 0) is 14.0 Å². The Morgan fingerprint density at radius 2 is 1.82 bits per heavy atom. The van der Waals surface area contributed by atoms with Crippen molar-refractivity contribution < 1.29 is 14.0 Å². The van der Waals surface area contributed by atoms with Crippen LogP contribution in [-0.4, -0.2) is 24.4 Å². The van der Waals surface area contributed by atoms with Gasteiger partial charge in [0, 0.05) is 0 Å². The zero-order valence-corrected chi connectivity index (χ0v) is 11.6. The highest BCUT2D eigenvalue weighted by Crippen LogP contribution is 2.39. The Morgan fingerprint density at radius 3 is 2.35 bits per heavy atom. The lowest BCUT2D eigenvalue weighted by atomic mass is 9.84. The molecule has 1 atom stereocenters. The van der Waals surface area contributed by atoms with Crippen molar-refractivity contribution >= 4 is 7.12 Å². The van der Waals surface area contributed by atoms with E-state index >= 15 is 0 Å². The second kappa shape index (κ2) is 4.32. The van der Waals surface area contributed by atoms with Gasteiger partial charge in [0.05, 0.1) is 17.3 Å². The van der Waals surface area contributed by atoms with Gasteiger partial charge in [-0.1, -0.05) is 6.92 Å². The highest BCUT2D eigenvalue weighted by molar-refractivity contribution is 6.53. The molecule has 0 aliphatic carbocycles. The minimum absolute atomic E-state index is 0.291. The van der Waals surface area contributed by atoms with Crippen molar-refractivity contribution in [3.8, 4) is 0 Å². The first-order valence-electron chi connectivity index (χ1n) is 6.58. The summed E-state index contributed by atoms with van der Waals surface area (Å²) in [4.78, 5) is 0. The van der Waals surface area contributed by atoms with Crippen LogP contribution in [0.15, 0.2) is 11.7 Å². The summed E-state index contributed by atoms with van der Waals surface area (Å²) in [6.45, 7) is 10.4. The lowest BCUT2D eigenvalue weighted by Gasteiger charge is -2.32. The highest BCUT2D eigenvalue weighted by atomic mass is 16.7. The van der Waals surface area contributed by atoms with Crippen LogP contribution >= 0.6 is 0 Å².